The van der Waals surface area contributed by atoms with Crippen LogP contribution in [0.4, 0.5) is 20.3 Å². The number of amides is 1. The zero-order valence-electron chi connectivity index (χ0n) is 21.8. The van der Waals surface area contributed by atoms with Gasteiger partial charge in [-0.1, -0.05) is 6.07 Å². The van der Waals surface area contributed by atoms with Crippen molar-refractivity contribution in [1.29, 1.82) is 0 Å². The van der Waals surface area contributed by atoms with Gasteiger partial charge in [-0.05, 0) is 90.8 Å². The predicted molar refractivity (Wildman–Crippen MR) is 152 cm³/mol. The number of nitrogens with one attached hydrogen (secondary N) is 1. The van der Waals surface area contributed by atoms with Crippen molar-refractivity contribution < 1.29 is 23.4 Å². The Bertz CT molecular complexity index is 1820. The maximum absolute atomic E-state index is 15.3. The van der Waals surface area contributed by atoms with Crippen LogP contribution < -0.4 is 21.3 Å². The number of nitrogen functional groups attached to an aromatic ring is 1. The number of phenols is 1. The minimum atomic E-state index is -0.802. The molecule has 0 spiro atoms. The molecular weight excluding hydrogens is 530 g/mol. The molecule has 3 aromatic carbocycles. The summed E-state index contributed by atoms with van der Waals surface area (Å²) in [6.07, 6.45) is 2.94. The molecule has 0 saturated heterocycles. The van der Waals surface area contributed by atoms with Gasteiger partial charge >= 0.3 is 0 Å². The molecule has 0 aliphatic carbocycles. The standard InChI is InChI=1S/C31H24F2N4O4/c1-2-41-27-12-14-37(22-7-4-20(32)5-8-22)31(40)29(27)30(39)36-21-6-9-23(25(33)17-21)18-3-10-26(38)24(15-18)19-11-13-35-28(34)16-19/h3-17,38H,2H2,1H3,(H2,34,35)(H,36,39). The van der Waals surface area contributed by atoms with Gasteiger partial charge in [-0.25, -0.2) is 13.8 Å². The topological polar surface area (TPSA) is 119 Å². The van der Waals surface area contributed by atoms with Crippen LogP contribution >= 0.6 is 0 Å². The smallest absolute Gasteiger partial charge is 0.271 e. The largest absolute Gasteiger partial charge is 0.507 e. The van der Waals surface area contributed by atoms with Gasteiger partial charge in [0.05, 0.1) is 6.61 Å². The van der Waals surface area contributed by atoms with Crippen LogP contribution in [-0.2, 0) is 0 Å². The number of hydrogen-bond donors (Lipinski definition) is 3. The molecular formula is C31H24F2N4O4. The molecule has 0 saturated carbocycles. The van der Waals surface area contributed by atoms with Crippen molar-refractivity contribution in [3.05, 3.63) is 119 Å². The number of anilines is 2. The second-order valence-corrected chi connectivity index (χ2v) is 8.99. The van der Waals surface area contributed by atoms with Crippen LogP contribution in [0, 0.1) is 11.6 Å². The Balaban J connectivity index is 1.46. The van der Waals surface area contributed by atoms with Crippen molar-refractivity contribution >= 4 is 17.4 Å². The predicted octanol–water partition coefficient (Wildman–Crippen LogP) is 5.78. The number of pyridine rings is 2. The number of nitrogens with zero attached hydrogens (tertiary/aromatic N) is 2. The van der Waals surface area contributed by atoms with Crippen molar-refractivity contribution in [2.75, 3.05) is 17.7 Å². The van der Waals surface area contributed by atoms with Gasteiger partial charge in [-0.3, -0.25) is 14.2 Å². The number of aromatic hydroxyl groups is 1. The van der Waals surface area contributed by atoms with Gasteiger partial charge in [0.25, 0.3) is 11.5 Å². The van der Waals surface area contributed by atoms with E-state index in [4.69, 9.17) is 10.5 Å². The number of phenolic OH excluding ortho intramolecular Hbond substituents is 1. The molecule has 5 aromatic rings. The lowest BCUT2D eigenvalue weighted by molar-refractivity contribution is 0.102. The Hall–Kier alpha value is -5.51. The van der Waals surface area contributed by atoms with E-state index in [-0.39, 0.29) is 40.7 Å². The lowest BCUT2D eigenvalue weighted by atomic mass is 9.98. The number of hydrogen-bond acceptors (Lipinski definition) is 6. The average molecular weight is 555 g/mol. The first kappa shape index (κ1) is 27.1. The van der Waals surface area contributed by atoms with Crippen LogP contribution in [0.3, 0.4) is 0 Å². The van der Waals surface area contributed by atoms with Crippen LogP contribution in [0.25, 0.3) is 27.9 Å². The molecule has 10 heteroatoms. The minimum absolute atomic E-state index is 0.0112. The van der Waals surface area contributed by atoms with E-state index in [2.05, 4.69) is 10.3 Å². The first-order valence-electron chi connectivity index (χ1n) is 12.6. The third-order valence-electron chi connectivity index (χ3n) is 6.31. The number of halogens is 2. The zero-order chi connectivity index (χ0) is 29.1. The van der Waals surface area contributed by atoms with Crippen LogP contribution in [0.15, 0.2) is 96.1 Å². The zero-order valence-corrected chi connectivity index (χ0v) is 21.8. The number of carbonyl (C=O) groups is 1. The summed E-state index contributed by atoms with van der Waals surface area (Å²) < 4.78 is 35.4. The summed E-state index contributed by atoms with van der Waals surface area (Å²) in [7, 11) is 0. The minimum Gasteiger partial charge on any atom is -0.507 e. The fourth-order valence-corrected chi connectivity index (χ4v) is 4.38. The van der Waals surface area contributed by atoms with E-state index >= 15 is 4.39 Å². The molecule has 41 heavy (non-hydrogen) atoms. The van der Waals surface area contributed by atoms with Gasteiger partial charge in [0.2, 0.25) is 0 Å². The summed E-state index contributed by atoms with van der Waals surface area (Å²) in [5.41, 5.74) is 7.00. The fraction of sp³-hybridized carbons (Fsp3) is 0.0645. The van der Waals surface area contributed by atoms with Crippen LogP contribution in [0.5, 0.6) is 11.5 Å². The number of carbonyl (C=O) groups excluding carboxylic acids is 1. The molecule has 5 rings (SSSR count). The second-order valence-electron chi connectivity index (χ2n) is 8.99. The van der Waals surface area contributed by atoms with E-state index in [1.165, 1.54) is 65.5 Å². The molecule has 0 radical (unpaired) electrons. The normalized spacial score (nSPS) is 10.8. The first-order chi connectivity index (χ1) is 19.7. The monoisotopic (exact) mass is 554 g/mol. The molecule has 8 nitrogen and oxygen atoms in total. The first-order valence-corrected chi connectivity index (χ1v) is 12.6. The number of aromatic nitrogens is 2. The summed E-state index contributed by atoms with van der Waals surface area (Å²) in [6.45, 7) is 1.91. The molecule has 0 aliphatic heterocycles. The molecule has 206 valence electrons. The van der Waals surface area contributed by atoms with Crippen molar-refractivity contribution in [3.63, 3.8) is 0 Å². The molecule has 1 amide bonds. The van der Waals surface area contributed by atoms with Gasteiger partial charge in [0.1, 0.15) is 34.5 Å². The molecule has 2 heterocycles. The van der Waals surface area contributed by atoms with Gasteiger partial charge in [0, 0.05) is 34.9 Å². The molecule has 0 unspecified atom stereocenters. The molecule has 0 aliphatic rings. The summed E-state index contributed by atoms with van der Waals surface area (Å²) >= 11 is 0. The molecule has 2 aromatic heterocycles. The number of benzene rings is 3. The summed E-state index contributed by atoms with van der Waals surface area (Å²) in [5.74, 6) is -1.60. The Morgan fingerprint density at radius 2 is 1.73 bits per heavy atom. The van der Waals surface area contributed by atoms with E-state index in [9.17, 15) is 19.1 Å². The fourth-order valence-electron chi connectivity index (χ4n) is 4.38. The highest BCUT2D eigenvalue weighted by atomic mass is 19.1. The lowest BCUT2D eigenvalue weighted by Crippen LogP contribution is -2.29. The van der Waals surface area contributed by atoms with Crippen molar-refractivity contribution in [3.8, 4) is 39.4 Å². The molecule has 0 bridgehead atoms. The third kappa shape index (κ3) is 5.62. The SMILES string of the molecule is CCOc1ccn(-c2ccc(F)cc2)c(=O)c1C(=O)Nc1ccc(-c2ccc(O)c(-c3ccnc(N)c3)c2)c(F)c1. The van der Waals surface area contributed by atoms with E-state index in [1.54, 1.807) is 31.2 Å². The van der Waals surface area contributed by atoms with Gasteiger partial charge in [-0.2, -0.15) is 0 Å². The Morgan fingerprint density at radius 1 is 0.976 bits per heavy atom. The van der Waals surface area contributed by atoms with Gasteiger partial charge in [0.15, 0.2) is 0 Å². The third-order valence-corrected chi connectivity index (χ3v) is 6.31. The van der Waals surface area contributed by atoms with E-state index in [0.717, 1.165) is 6.07 Å². The van der Waals surface area contributed by atoms with Gasteiger partial charge in [-0.15, -0.1) is 0 Å². The van der Waals surface area contributed by atoms with E-state index in [0.29, 0.717) is 22.4 Å². The van der Waals surface area contributed by atoms with E-state index < -0.39 is 23.1 Å². The van der Waals surface area contributed by atoms with Crippen molar-refractivity contribution in [1.82, 2.24) is 9.55 Å². The van der Waals surface area contributed by atoms with Crippen molar-refractivity contribution in [2.45, 2.75) is 6.92 Å². The molecule has 4 N–H and O–H groups in total. The number of rotatable bonds is 7. The lowest BCUT2D eigenvalue weighted by Gasteiger charge is -2.14. The Kier molecular flexibility index (Phi) is 7.47. The Morgan fingerprint density at radius 3 is 2.44 bits per heavy atom. The van der Waals surface area contributed by atoms with E-state index in [1.807, 2.05) is 0 Å². The number of nitrogens with two attached hydrogens (primary N) is 1. The summed E-state index contributed by atoms with van der Waals surface area (Å²) in [5, 5.41) is 12.9. The van der Waals surface area contributed by atoms with Crippen molar-refractivity contribution in [2.24, 2.45) is 0 Å². The van der Waals surface area contributed by atoms with Crippen LogP contribution in [0.2, 0.25) is 0 Å². The highest BCUT2D eigenvalue weighted by Crippen LogP contribution is 2.35. The Labute approximate surface area is 233 Å². The van der Waals surface area contributed by atoms with Crippen LogP contribution in [0.1, 0.15) is 17.3 Å². The maximum Gasteiger partial charge on any atom is 0.271 e. The van der Waals surface area contributed by atoms with Gasteiger partial charge < -0.3 is 20.9 Å². The summed E-state index contributed by atoms with van der Waals surface area (Å²) in [4.78, 5) is 30.5. The highest BCUT2D eigenvalue weighted by molar-refractivity contribution is 6.06. The average Bonchev–Trinajstić information content (AvgIpc) is 2.94. The highest BCUT2D eigenvalue weighted by Gasteiger charge is 2.21. The maximum atomic E-state index is 15.3. The molecule has 0 fully saturated rings. The second kappa shape index (κ2) is 11.3. The quantitative estimate of drug-likeness (QED) is 0.235. The molecule has 0 atom stereocenters. The number of ether oxygens (including phenoxy) is 1. The summed E-state index contributed by atoms with van der Waals surface area (Å²) in [6, 6.07) is 18.7. The van der Waals surface area contributed by atoms with Crippen LogP contribution in [-0.4, -0.2) is 27.2 Å².